The van der Waals surface area contributed by atoms with Gasteiger partial charge >= 0.3 is 5.97 Å². The molecular weight excluding hydrogens is 468 g/mol. The molecule has 1 atom stereocenters. The summed E-state index contributed by atoms with van der Waals surface area (Å²) >= 11 is 0. The predicted octanol–water partition coefficient (Wildman–Crippen LogP) is 9.81. The fourth-order valence-corrected chi connectivity index (χ4v) is 4.93. The van der Waals surface area contributed by atoms with Crippen LogP contribution in [0.2, 0.25) is 0 Å². The zero-order valence-corrected chi connectivity index (χ0v) is 24.6. The van der Waals surface area contributed by atoms with E-state index in [0.29, 0.717) is 11.3 Å². The number of allylic oxidation sites excluding steroid dienone is 6. The highest BCUT2D eigenvalue weighted by Crippen LogP contribution is 2.42. The molecular formula is C35H46O3. The number of aryl methyl sites for hydroxylation is 1. The first-order valence-corrected chi connectivity index (χ1v) is 14.1. The van der Waals surface area contributed by atoms with Crippen LogP contribution >= 0.6 is 0 Å². The van der Waals surface area contributed by atoms with E-state index in [9.17, 15) is 4.79 Å². The number of benzene rings is 2. The molecule has 3 rings (SSSR count). The third-order valence-electron chi connectivity index (χ3n) is 7.64. The third-order valence-corrected chi connectivity index (χ3v) is 7.64. The molecule has 38 heavy (non-hydrogen) atoms. The molecule has 3 heteroatoms. The van der Waals surface area contributed by atoms with Gasteiger partial charge in [0, 0.05) is 0 Å². The molecule has 1 heterocycles. The zero-order valence-electron chi connectivity index (χ0n) is 24.6. The molecule has 1 aliphatic rings. The van der Waals surface area contributed by atoms with Crippen molar-refractivity contribution in [3.8, 4) is 11.5 Å². The smallest absolute Gasteiger partial charge is 0.343 e. The van der Waals surface area contributed by atoms with Gasteiger partial charge in [0.2, 0.25) is 0 Å². The fourth-order valence-electron chi connectivity index (χ4n) is 4.93. The van der Waals surface area contributed by atoms with Crippen molar-refractivity contribution in [3.05, 3.63) is 93.6 Å². The molecule has 0 spiro atoms. The van der Waals surface area contributed by atoms with Crippen molar-refractivity contribution in [2.75, 3.05) is 0 Å². The highest BCUT2D eigenvalue weighted by Gasteiger charge is 2.33. The van der Waals surface area contributed by atoms with Gasteiger partial charge in [-0.2, -0.15) is 0 Å². The number of hydrogen-bond donors (Lipinski definition) is 0. The molecule has 0 bridgehead atoms. The SMILES string of the molecule is CC(C)=CCCC(C)=CCCC(C)=CCC[C@]1(C)CCc2cc(OC(=O)c3ccccc3)c(C)c(C)c2O1. The van der Waals surface area contributed by atoms with Gasteiger partial charge < -0.3 is 9.47 Å². The molecule has 0 amide bonds. The maximum Gasteiger partial charge on any atom is 0.343 e. The first kappa shape index (κ1) is 29.5. The summed E-state index contributed by atoms with van der Waals surface area (Å²) in [5.41, 5.74) is 7.84. The van der Waals surface area contributed by atoms with Crippen LogP contribution in [0.15, 0.2) is 71.3 Å². The van der Waals surface area contributed by atoms with Gasteiger partial charge in [-0.3, -0.25) is 0 Å². The topological polar surface area (TPSA) is 35.5 Å². The predicted molar refractivity (Wildman–Crippen MR) is 159 cm³/mol. The lowest BCUT2D eigenvalue weighted by Gasteiger charge is -2.37. The number of carbonyl (C=O) groups excluding carboxylic acids is 1. The van der Waals surface area contributed by atoms with Crippen LogP contribution in [0.5, 0.6) is 11.5 Å². The largest absolute Gasteiger partial charge is 0.487 e. The van der Waals surface area contributed by atoms with E-state index in [1.165, 1.54) is 16.7 Å². The lowest BCUT2D eigenvalue weighted by molar-refractivity contribution is 0.0556. The summed E-state index contributed by atoms with van der Waals surface area (Å²) in [5, 5.41) is 0. The van der Waals surface area contributed by atoms with E-state index >= 15 is 0 Å². The Bertz CT molecular complexity index is 1200. The Labute approximate surface area is 230 Å². The Balaban J connectivity index is 1.55. The highest BCUT2D eigenvalue weighted by atomic mass is 16.5. The molecule has 3 nitrogen and oxygen atoms in total. The summed E-state index contributed by atoms with van der Waals surface area (Å²) in [6.45, 7) is 15.1. The summed E-state index contributed by atoms with van der Waals surface area (Å²) in [4.78, 5) is 12.6. The van der Waals surface area contributed by atoms with Gasteiger partial charge in [-0.15, -0.1) is 0 Å². The molecule has 0 N–H and O–H groups in total. The first-order valence-electron chi connectivity index (χ1n) is 14.1. The van der Waals surface area contributed by atoms with E-state index in [4.69, 9.17) is 9.47 Å². The van der Waals surface area contributed by atoms with E-state index in [1.807, 2.05) is 31.2 Å². The maximum absolute atomic E-state index is 12.6. The van der Waals surface area contributed by atoms with Crippen LogP contribution in [0, 0.1) is 13.8 Å². The number of hydrogen-bond acceptors (Lipinski definition) is 3. The summed E-state index contributed by atoms with van der Waals surface area (Å²) < 4.78 is 12.4. The van der Waals surface area contributed by atoms with Crippen LogP contribution in [0.4, 0.5) is 0 Å². The zero-order chi connectivity index (χ0) is 27.7. The Morgan fingerprint density at radius 3 is 2.21 bits per heavy atom. The number of esters is 1. The molecule has 0 aromatic heterocycles. The van der Waals surface area contributed by atoms with E-state index < -0.39 is 0 Å². The minimum absolute atomic E-state index is 0.190. The first-order chi connectivity index (χ1) is 18.1. The molecule has 0 saturated carbocycles. The van der Waals surface area contributed by atoms with Gasteiger partial charge in [-0.25, -0.2) is 4.79 Å². The molecule has 0 radical (unpaired) electrons. The van der Waals surface area contributed by atoms with Gasteiger partial charge in [0.15, 0.2) is 0 Å². The maximum atomic E-state index is 12.6. The van der Waals surface area contributed by atoms with Crippen LogP contribution in [0.3, 0.4) is 0 Å². The number of fused-ring (bicyclic) bond motifs is 1. The second kappa shape index (κ2) is 13.6. The molecule has 0 unspecified atom stereocenters. The van der Waals surface area contributed by atoms with Gasteiger partial charge in [0.25, 0.3) is 0 Å². The van der Waals surface area contributed by atoms with Gasteiger partial charge in [0.1, 0.15) is 17.1 Å². The Hall–Kier alpha value is -3.07. The monoisotopic (exact) mass is 514 g/mol. The molecule has 204 valence electrons. The number of carbonyl (C=O) groups is 1. The summed E-state index contributed by atoms with van der Waals surface area (Å²) in [5.74, 6) is 1.26. The van der Waals surface area contributed by atoms with Crippen molar-refractivity contribution in [2.45, 2.75) is 105 Å². The normalized spacial score (nSPS) is 17.4. The van der Waals surface area contributed by atoms with Crippen molar-refractivity contribution >= 4 is 5.97 Å². The summed E-state index contributed by atoms with van der Waals surface area (Å²) in [7, 11) is 0. The van der Waals surface area contributed by atoms with Gasteiger partial charge in [-0.1, -0.05) is 53.1 Å². The van der Waals surface area contributed by atoms with Gasteiger partial charge in [0.05, 0.1) is 5.56 Å². The Morgan fingerprint density at radius 1 is 0.921 bits per heavy atom. The van der Waals surface area contributed by atoms with E-state index in [1.54, 1.807) is 12.1 Å². The molecule has 0 fully saturated rings. The third kappa shape index (κ3) is 8.48. The molecule has 0 aliphatic carbocycles. The van der Waals surface area contributed by atoms with Crippen LogP contribution in [-0.4, -0.2) is 11.6 Å². The standard InChI is InChI=1S/C35H46O3/c1-25(2)14-11-15-26(3)16-12-17-27(4)18-13-22-35(7)23-21-31-24-32(28(5)29(6)33(31)38-35)37-34(36)30-19-9-8-10-20-30/h8-10,14,16,18-20,24H,11-13,15,17,21-23H2,1-7H3/t35-/m1/s1. The Morgan fingerprint density at radius 2 is 1.55 bits per heavy atom. The molecule has 2 aromatic carbocycles. The minimum Gasteiger partial charge on any atom is -0.487 e. The average molecular weight is 515 g/mol. The second-order valence-corrected chi connectivity index (χ2v) is 11.4. The van der Waals surface area contributed by atoms with Crippen molar-refractivity contribution in [1.29, 1.82) is 0 Å². The molecule has 0 saturated heterocycles. The average Bonchev–Trinajstić information content (AvgIpc) is 2.88. The van der Waals surface area contributed by atoms with Crippen LogP contribution < -0.4 is 9.47 Å². The van der Waals surface area contributed by atoms with E-state index in [-0.39, 0.29) is 11.6 Å². The van der Waals surface area contributed by atoms with E-state index in [2.05, 4.69) is 59.8 Å². The van der Waals surface area contributed by atoms with Crippen LogP contribution in [0.1, 0.15) is 107 Å². The second-order valence-electron chi connectivity index (χ2n) is 11.4. The van der Waals surface area contributed by atoms with Crippen LogP contribution in [0.25, 0.3) is 0 Å². The fraction of sp³-hybridized carbons (Fsp3) is 0.457. The summed E-state index contributed by atoms with van der Waals surface area (Å²) in [6.07, 6.45) is 15.5. The van der Waals surface area contributed by atoms with Crippen molar-refractivity contribution < 1.29 is 14.3 Å². The van der Waals surface area contributed by atoms with Crippen molar-refractivity contribution in [2.24, 2.45) is 0 Å². The lowest BCUT2D eigenvalue weighted by atomic mass is 9.86. The molecule has 2 aromatic rings. The highest BCUT2D eigenvalue weighted by molar-refractivity contribution is 5.91. The number of ether oxygens (including phenoxy) is 2. The van der Waals surface area contributed by atoms with Crippen molar-refractivity contribution in [1.82, 2.24) is 0 Å². The van der Waals surface area contributed by atoms with Crippen LogP contribution in [-0.2, 0) is 6.42 Å². The molecule has 1 aliphatic heterocycles. The van der Waals surface area contributed by atoms with Crippen molar-refractivity contribution in [3.63, 3.8) is 0 Å². The summed E-state index contributed by atoms with van der Waals surface area (Å²) in [6, 6.07) is 11.1. The lowest BCUT2D eigenvalue weighted by Crippen LogP contribution is -2.36. The quantitative estimate of drug-likeness (QED) is 0.170. The van der Waals surface area contributed by atoms with Gasteiger partial charge in [-0.05, 0) is 135 Å². The number of rotatable bonds is 11. The Kier molecular flexibility index (Phi) is 10.6. The van der Waals surface area contributed by atoms with E-state index in [0.717, 1.165) is 73.8 Å². The minimum atomic E-state index is -0.328.